The third-order valence-corrected chi connectivity index (χ3v) is 7.46. The molecule has 0 bridgehead atoms. The number of sulfonamides is 1. The Kier molecular flexibility index (Phi) is 9.83. The molecule has 170 valence electrons. The Hall–Kier alpha value is -0.910. The Bertz CT molecular complexity index is 802. The van der Waals surface area contributed by atoms with E-state index in [0.717, 1.165) is 30.2 Å². The number of likely N-dealkylation sites (tertiary alicyclic amines) is 1. The highest BCUT2D eigenvalue weighted by atomic mass is 127. The van der Waals surface area contributed by atoms with Gasteiger partial charge in [0.05, 0.1) is 19.0 Å². The molecule has 30 heavy (non-hydrogen) atoms. The largest absolute Gasteiger partial charge is 0.379 e. The summed E-state index contributed by atoms with van der Waals surface area (Å²) in [5.74, 6) is 2.18. The average molecular weight is 551 g/mol. The Morgan fingerprint density at radius 3 is 2.33 bits per heavy atom. The van der Waals surface area contributed by atoms with Gasteiger partial charge in [0.1, 0.15) is 0 Å². The molecule has 1 aromatic carbocycles. The van der Waals surface area contributed by atoms with Crippen LogP contribution in [0.4, 0.5) is 0 Å². The lowest BCUT2D eigenvalue weighted by Crippen LogP contribution is -2.48. The molecule has 0 radical (unpaired) electrons. The summed E-state index contributed by atoms with van der Waals surface area (Å²) in [6, 6.07) is 7.75. The smallest absolute Gasteiger partial charge is 0.218 e. The van der Waals surface area contributed by atoms with Crippen molar-refractivity contribution in [3.63, 3.8) is 0 Å². The Balaban J connectivity index is 0.00000320. The van der Waals surface area contributed by atoms with Crippen LogP contribution in [0.2, 0.25) is 0 Å². The van der Waals surface area contributed by atoms with Crippen molar-refractivity contribution in [1.29, 1.82) is 0 Å². The molecule has 2 aliphatic heterocycles. The maximum absolute atomic E-state index is 12.8. The number of ether oxygens (including phenoxy) is 1. The monoisotopic (exact) mass is 550 g/mol. The number of halogens is 1. The molecule has 2 heterocycles. The number of benzene rings is 1. The van der Waals surface area contributed by atoms with Crippen LogP contribution in [-0.2, 0) is 27.1 Å². The molecule has 0 amide bonds. The summed E-state index contributed by atoms with van der Waals surface area (Å²) >= 11 is 0. The van der Waals surface area contributed by atoms with E-state index in [4.69, 9.17) is 4.74 Å². The lowest BCUT2D eigenvalue weighted by atomic mass is 9.92. The molecule has 0 aromatic heterocycles. The van der Waals surface area contributed by atoms with Crippen molar-refractivity contribution in [1.82, 2.24) is 14.5 Å². The van der Waals surface area contributed by atoms with E-state index >= 15 is 0 Å². The van der Waals surface area contributed by atoms with Crippen LogP contribution in [-0.4, -0.2) is 70.0 Å². The fraction of sp³-hybridized carbons (Fsp3) is 0.667. The minimum atomic E-state index is -3.35. The molecule has 0 aliphatic carbocycles. The summed E-state index contributed by atoms with van der Waals surface area (Å²) in [6.45, 7) is 8.90. The van der Waals surface area contributed by atoms with Gasteiger partial charge in [-0.15, -0.1) is 24.0 Å². The van der Waals surface area contributed by atoms with Gasteiger partial charge in [-0.2, -0.15) is 4.31 Å². The summed E-state index contributed by atoms with van der Waals surface area (Å²) in [5.41, 5.74) is 1.82. The molecule has 2 aliphatic rings. The molecular formula is C21H35IN4O3S. The molecule has 2 unspecified atom stereocenters. The fourth-order valence-electron chi connectivity index (χ4n) is 4.33. The van der Waals surface area contributed by atoms with E-state index in [-0.39, 0.29) is 29.7 Å². The number of piperidine rings is 1. The van der Waals surface area contributed by atoms with E-state index in [1.807, 2.05) is 24.3 Å². The van der Waals surface area contributed by atoms with Crippen LogP contribution in [0.25, 0.3) is 0 Å². The second-order valence-electron chi connectivity index (χ2n) is 8.29. The predicted molar refractivity (Wildman–Crippen MR) is 132 cm³/mol. The van der Waals surface area contributed by atoms with E-state index in [0.29, 0.717) is 44.7 Å². The highest BCUT2D eigenvalue weighted by Crippen LogP contribution is 2.21. The average Bonchev–Trinajstić information content (AvgIpc) is 2.69. The van der Waals surface area contributed by atoms with Crippen LogP contribution in [0.5, 0.6) is 0 Å². The zero-order chi connectivity index (χ0) is 20.9. The fourth-order valence-corrected chi connectivity index (χ4v) is 5.89. The zero-order valence-corrected chi connectivity index (χ0v) is 21.4. The molecule has 2 atom stereocenters. The van der Waals surface area contributed by atoms with Gasteiger partial charge in [-0.1, -0.05) is 38.1 Å². The standard InChI is InChI=1S/C21H34N4O3S.HI/c1-17-12-18(2)15-24(14-17)21(22-3)23-13-19-6-4-5-7-20(19)16-29(26,27)25-8-10-28-11-9-25;/h4-7,17-18H,8-16H2,1-3H3,(H,22,23);1H. The van der Waals surface area contributed by atoms with Gasteiger partial charge in [-0.25, -0.2) is 8.42 Å². The lowest BCUT2D eigenvalue weighted by molar-refractivity contribution is 0.0729. The quantitative estimate of drug-likeness (QED) is 0.347. The first-order chi connectivity index (χ1) is 13.9. The van der Waals surface area contributed by atoms with Crippen LogP contribution in [0.3, 0.4) is 0 Å². The molecule has 1 aromatic rings. The number of nitrogens with zero attached hydrogens (tertiary/aromatic N) is 3. The molecule has 0 saturated carbocycles. The third kappa shape index (κ3) is 6.80. The van der Waals surface area contributed by atoms with Crippen LogP contribution in [0.1, 0.15) is 31.4 Å². The Morgan fingerprint density at radius 1 is 1.13 bits per heavy atom. The Morgan fingerprint density at radius 2 is 1.73 bits per heavy atom. The van der Waals surface area contributed by atoms with E-state index in [9.17, 15) is 8.42 Å². The Labute approximate surface area is 198 Å². The van der Waals surface area contributed by atoms with Crippen molar-refractivity contribution in [2.75, 3.05) is 46.4 Å². The van der Waals surface area contributed by atoms with Crippen molar-refractivity contribution in [3.8, 4) is 0 Å². The summed E-state index contributed by atoms with van der Waals surface area (Å²) in [6.07, 6.45) is 1.25. The van der Waals surface area contributed by atoms with Gasteiger partial charge in [0.15, 0.2) is 5.96 Å². The number of aliphatic imine (C=N–C) groups is 1. The van der Waals surface area contributed by atoms with Crippen molar-refractivity contribution in [2.45, 2.75) is 32.6 Å². The molecule has 1 N–H and O–H groups in total. The minimum absolute atomic E-state index is 0. The number of morpholine rings is 1. The summed E-state index contributed by atoms with van der Waals surface area (Å²) in [5, 5.41) is 3.45. The SMILES string of the molecule is CN=C(NCc1ccccc1CS(=O)(=O)N1CCOCC1)N1CC(C)CC(C)C1.I. The first-order valence-electron chi connectivity index (χ1n) is 10.5. The highest BCUT2D eigenvalue weighted by molar-refractivity contribution is 14.0. The number of rotatable bonds is 5. The van der Waals surface area contributed by atoms with Gasteiger partial charge in [0.2, 0.25) is 10.0 Å². The number of hydrogen-bond acceptors (Lipinski definition) is 4. The second-order valence-corrected chi connectivity index (χ2v) is 10.3. The third-order valence-electron chi connectivity index (χ3n) is 5.64. The maximum atomic E-state index is 12.8. The van der Waals surface area contributed by atoms with Gasteiger partial charge >= 0.3 is 0 Å². The molecule has 3 rings (SSSR count). The van der Waals surface area contributed by atoms with Crippen LogP contribution >= 0.6 is 24.0 Å². The number of nitrogens with one attached hydrogen (secondary N) is 1. The van der Waals surface area contributed by atoms with Gasteiger partial charge < -0.3 is 15.0 Å². The van der Waals surface area contributed by atoms with Crippen molar-refractivity contribution < 1.29 is 13.2 Å². The highest BCUT2D eigenvalue weighted by Gasteiger charge is 2.26. The number of guanidine groups is 1. The van der Waals surface area contributed by atoms with Crippen LogP contribution in [0, 0.1) is 11.8 Å². The van der Waals surface area contributed by atoms with Crippen LogP contribution < -0.4 is 5.32 Å². The van der Waals surface area contributed by atoms with Crippen LogP contribution in [0.15, 0.2) is 29.3 Å². The number of hydrogen-bond donors (Lipinski definition) is 1. The molecule has 2 saturated heterocycles. The zero-order valence-electron chi connectivity index (χ0n) is 18.2. The molecule has 7 nitrogen and oxygen atoms in total. The first-order valence-corrected chi connectivity index (χ1v) is 12.1. The van der Waals surface area contributed by atoms with E-state index in [1.54, 1.807) is 7.05 Å². The van der Waals surface area contributed by atoms with Crippen molar-refractivity contribution in [3.05, 3.63) is 35.4 Å². The molecular weight excluding hydrogens is 515 g/mol. The van der Waals surface area contributed by atoms with Gasteiger partial charge in [0, 0.05) is 39.8 Å². The topological polar surface area (TPSA) is 74.2 Å². The summed E-state index contributed by atoms with van der Waals surface area (Å²) < 4.78 is 32.5. The molecule has 0 spiro atoms. The van der Waals surface area contributed by atoms with Crippen molar-refractivity contribution in [2.24, 2.45) is 16.8 Å². The second kappa shape index (κ2) is 11.6. The van der Waals surface area contributed by atoms with Gasteiger partial charge in [-0.05, 0) is 29.4 Å². The maximum Gasteiger partial charge on any atom is 0.218 e. The summed E-state index contributed by atoms with van der Waals surface area (Å²) in [4.78, 5) is 6.78. The lowest BCUT2D eigenvalue weighted by Gasteiger charge is -2.37. The first kappa shape index (κ1) is 25.4. The minimum Gasteiger partial charge on any atom is -0.379 e. The van der Waals surface area contributed by atoms with Gasteiger partial charge in [0.25, 0.3) is 0 Å². The van der Waals surface area contributed by atoms with E-state index in [1.165, 1.54) is 10.7 Å². The molecule has 2 fully saturated rings. The van der Waals surface area contributed by atoms with Gasteiger partial charge in [-0.3, -0.25) is 4.99 Å². The predicted octanol–water partition coefficient (Wildman–Crippen LogP) is 2.52. The van der Waals surface area contributed by atoms with Crippen molar-refractivity contribution >= 4 is 40.0 Å². The normalized spacial score (nSPS) is 23.7. The van der Waals surface area contributed by atoms with E-state index < -0.39 is 10.0 Å². The summed E-state index contributed by atoms with van der Waals surface area (Å²) in [7, 11) is -1.55. The molecule has 9 heteroatoms. The van der Waals surface area contributed by atoms with E-state index in [2.05, 4.69) is 29.1 Å².